The number of amides is 2. The van der Waals surface area contributed by atoms with E-state index in [1.165, 1.54) is 5.56 Å². The molecule has 0 saturated carbocycles. The van der Waals surface area contributed by atoms with Crippen LogP contribution in [0.15, 0.2) is 41.1 Å². The molecule has 1 aliphatic rings. The fraction of sp³-hybridized carbons (Fsp3) is 0.478. The van der Waals surface area contributed by atoms with E-state index in [0.717, 1.165) is 37.4 Å². The van der Waals surface area contributed by atoms with Gasteiger partial charge in [0.1, 0.15) is 0 Å². The van der Waals surface area contributed by atoms with Crippen molar-refractivity contribution in [3.8, 4) is 0 Å². The molecule has 1 saturated heterocycles. The highest BCUT2D eigenvalue weighted by atomic mass is 32.1. The zero-order valence-corrected chi connectivity index (χ0v) is 19.0. The molecule has 0 unspecified atom stereocenters. The Balaban J connectivity index is 1.52. The van der Waals surface area contributed by atoms with E-state index in [0.29, 0.717) is 19.6 Å². The summed E-state index contributed by atoms with van der Waals surface area (Å²) >= 11 is 1.70. The summed E-state index contributed by atoms with van der Waals surface area (Å²) in [5.41, 5.74) is 3.09. The Kier molecular flexibility index (Phi) is 7.87. The molecule has 0 aliphatic carbocycles. The van der Waals surface area contributed by atoms with Crippen molar-refractivity contribution in [3.05, 3.63) is 52.2 Å². The Labute approximate surface area is 183 Å². The lowest BCUT2D eigenvalue weighted by atomic mass is 10.1. The number of hydrogen-bond acceptors (Lipinski definition) is 5. The average molecular weight is 429 g/mol. The number of thiophene rings is 1. The number of hydrogen-bond donors (Lipinski definition) is 1. The summed E-state index contributed by atoms with van der Waals surface area (Å²) in [6.07, 6.45) is 0. The van der Waals surface area contributed by atoms with Crippen LogP contribution in [0, 0.1) is 0 Å². The van der Waals surface area contributed by atoms with Crippen molar-refractivity contribution in [2.24, 2.45) is 0 Å². The van der Waals surface area contributed by atoms with Gasteiger partial charge in [-0.3, -0.25) is 9.69 Å². The molecule has 2 aromatic rings. The zero-order chi connectivity index (χ0) is 21.5. The van der Waals surface area contributed by atoms with Crippen molar-refractivity contribution in [1.29, 1.82) is 0 Å². The molecule has 1 atom stereocenters. The molecule has 3 rings (SSSR count). The standard InChI is InChI=1S/C23H32N4O2S/c1-4-25(5-2)22(20-10-15-30-17-20)16-24-23(29)27-13-11-26(12-14-27)21-8-6-19(7-9-21)18(3)28/h6-10,15,17,22H,4-5,11-14,16H2,1-3H3,(H,24,29)/t22-/m0/s1. The van der Waals surface area contributed by atoms with E-state index in [-0.39, 0.29) is 17.9 Å². The lowest BCUT2D eigenvalue weighted by Crippen LogP contribution is -2.52. The predicted octanol–water partition coefficient (Wildman–Crippen LogP) is 3.87. The number of benzene rings is 1. The van der Waals surface area contributed by atoms with Gasteiger partial charge in [-0.15, -0.1) is 0 Å². The van der Waals surface area contributed by atoms with Crippen LogP contribution < -0.4 is 10.2 Å². The van der Waals surface area contributed by atoms with Crippen molar-refractivity contribution >= 4 is 28.8 Å². The van der Waals surface area contributed by atoms with Gasteiger partial charge in [0.25, 0.3) is 0 Å². The normalized spacial score (nSPS) is 15.3. The predicted molar refractivity (Wildman–Crippen MR) is 124 cm³/mol. The van der Waals surface area contributed by atoms with Crippen LogP contribution in [0.25, 0.3) is 0 Å². The van der Waals surface area contributed by atoms with Gasteiger partial charge in [0.15, 0.2) is 5.78 Å². The van der Waals surface area contributed by atoms with Crippen molar-refractivity contribution in [1.82, 2.24) is 15.1 Å². The number of nitrogens with one attached hydrogen (secondary N) is 1. The van der Waals surface area contributed by atoms with Gasteiger partial charge in [-0.2, -0.15) is 11.3 Å². The molecular weight excluding hydrogens is 396 g/mol. The summed E-state index contributed by atoms with van der Waals surface area (Å²) in [6, 6.07) is 10.1. The minimum absolute atomic E-state index is 0.00830. The van der Waals surface area contributed by atoms with Gasteiger partial charge in [-0.25, -0.2) is 4.79 Å². The molecule has 1 aromatic carbocycles. The van der Waals surface area contributed by atoms with Crippen LogP contribution in [0.3, 0.4) is 0 Å². The van der Waals surface area contributed by atoms with Crippen LogP contribution >= 0.6 is 11.3 Å². The van der Waals surface area contributed by atoms with E-state index >= 15 is 0 Å². The SMILES string of the molecule is CCN(CC)[C@@H](CNC(=O)N1CCN(c2ccc(C(C)=O)cc2)CC1)c1ccsc1. The summed E-state index contributed by atoms with van der Waals surface area (Å²) in [5.74, 6) is 0.0773. The van der Waals surface area contributed by atoms with Crippen molar-refractivity contribution in [2.45, 2.75) is 26.8 Å². The van der Waals surface area contributed by atoms with Crippen molar-refractivity contribution in [2.75, 3.05) is 50.7 Å². The van der Waals surface area contributed by atoms with Gasteiger partial charge in [-0.1, -0.05) is 13.8 Å². The van der Waals surface area contributed by atoms with Gasteiger partial charge in [0.2, 0.25) is 0 Å². The molecule has 162 valence electrons. The average Bonchev–Trinajstić information content (AvgIpc) is 3.31. The van der Waals surface area contributed by atoms with Crippen LogP contribution in [-0.2, 0) is 0 Å². The number of urea groups is 1. The number of anilines is 1. The quantitative estimate of drug-likeness (QED) is 0.649. The Morgan fingerprint density at radius 2 is 1.73 bits per heavy atom. The van der Waals surface area contributed by atoms with E-state index in [4.69, 9.17) is 0 Å². The van der Waals surface area contributed by atoms with E-state index in [9.17, 15) is 9.59 Å². The third-order valence-electron chi connectivity index (χ3n) is 5.83. The van der Waals surface area contributed by atoms with Crippen LogP contribution in [0.5, 0.6) is 0 Å². The largest absolute Gasteiger partial charge is 0.368 e. The maximum absolute atomic E-state index is 12.8. The number of nitrogens with zero attached hydrogens (tertiary/aromatic N) is 3. The Morgan fingerprint density at radius 1 is 1.07 bits per heavy atom. The van der Waals surface area contributed by atoms with Crippen LogP contribution in [0.2, 0.25) is 0 Å². The highest BCUT2D eigenvalue weighted by Gasteiger charge is 2.24. The number of likely N-dealkylation sites (N-methyl/N-ethyl adjacent to an activating group) is 1. The first-order valence-corrected chi connectivity index (χ1v) is 11.6. The van der Waals surface area contributed by atoms with E-state index in [1.54, 1.807) is 18.3 Å². The van der Waals surface area contributed by atoms with Crippen LogP contribution in [0.4, 0.5) is 10.5 Å². The molecule has 7 heteroatoms. The molecule has 0 radical (unpaired) electrons. The van der Waals surface area contributed by atoms with E-state index in [2.05, 4.69) is 45.8 Å². The second kappa shape index (κ2) is 10.6. The highest BCUT2D eigenvalue weighted by molar-refractivity contribution is 7.08. The van der Waals surface area contributed by atoms with Crippen molar-refractivity contribution in [3.63, 3.8) is 0 Å². The topological polar surface area (TPSA) is 55.9 Å². The number of ketones is 1. The Morgan fingerprint density at radius 3 is 2.27 bits per heavy atom. The lowest BCUT2D eigenvalue weighted by molar-refractivity contribution is 0.101. The van der Waals surface area contributed by atoms with Gasteiger partial charge < -0.3 is 15.1 Å². The fourth-order valence-electron chi connectivity index (χ4n) is 3.96. The lowest BCUT2D eigenvalue weighted by Gasteiger charge is -2.37. The number of rotatable bonds is 8. The van der Waals surface area contributed by atoms with Gasteiger partial charge in [0.05, 0.1) is 6.04 Å². The third kappa shape index (κ3) is 5.40. The highest BCUT2D eigenvalue weighted by Crippen LogP contribution is 2.22. The number of carbonyl (C=O) groups is 2. The summed E-state index contributed by atoms with van der Waals surface area (Å²) in [6.45, 7) is 11.4. The Bertz CT molecular complexity index is 810. The smallest absolute Gasteiger partial charge is 0.317 e. The second-order valence-corrected chi connectivity index (χ2v) is 8.34. The maximum atomic E-state index is 12.8. The van der Waals surface area contributed by atoms with Crippen molar-refractivity contribution < 1.29 is 9.59 Å². The minimum atomic E-state index is 0.00830. The molecule has 1 N–H and O–H groups in total. The second-order valence-electron chi connectivity index (χ2n) is 7.56. The van der Waals surface area contributed by atoms with Crippen LogP contribution in [0.1, 0.15) is 42.7 Å². The van der Waals surface area contributed by atoms with E-state index < -0.39 is 0 Å². The molecule has 1 aromatic heterocycles. The molecule has 2 amide bonds. The number of carbonyl (C=O) groups excluding carboxylic acids is 2. The molecular formula is C23H32N4O2S. The molecule has 6 nitrogen and oxygen atoms in total. The van der Waals surface area contributed by atoms with Gasteiger partial charge in [-0.05, 0) is 66.7 Å². The zero-order valence-electron chi connectivity index (χ0n) is 18.1. The summed E-state index contributed by atoms with van der Waals surface area (Å²) in [4.78, 5) is 30.8. The Hall–Kier alpha value is -2.38. The minimum Gasteiger partial charge on any atom is -0.368 e. The summed E-state index contributed by atoms with van der Waals surface area (Å²) < 4.78 is 0. The first kappa shape index (κ1) is 22.3. The molecule has 2 heterocycles. The monoisotopic (exact) mass is 428 g/mol. The number of piperazine rings is 1. The summed E-state index contributed by atoms with van der Waals surface area (Å²) in [5, 5.41) is 7.42. The van der Waals surface area contributed by atoms with E-state index in [1.807, 2.05) is 29.2 Å². The molecule has 0 bridgehead atoms. The molecule has 1 aliphatic heterocycles. The summed E-state index contributed by atoms with van der Waals surface area (Å²) in [7, 11) is 0. The molecule has 0 spiro atoms. The molecule has 1 fully saturated rings. The van der Waals surface area contributed by atoms with Crippen LogP contribution in [-0.4, -0.2) is 67.4 Å². The third-order valence-corrected chi connectivity index (χ3v) is 6.54. The fourth-order valence-corrected chi connectivity index (χ4v) is 4.66. The maximum Gasteiger partial charge on any atom is 0.317 e. The first-order chi connectivity index (χ1) is 14.5. The number of Topliss-reactive ketones (excluding diaryl/α,β-unsaturated/α-hetero) is 1. The first-order valence-electron chi connectivity index (χ1n) is 10.7. The van der Waals surface area contributed by atoms with Gasteiger partial charge in [0, 0.05) is 44.0 Å². The molecule has 30 heavy (non-hydrogen) atoms. The van der Waals surface area contributed by atoms with Gasteiger partial charge >= 0.3 is 6.03 Å².